The lowest BCUT2D eigenvalue weighted by Gasteiger charge is -2.28. The van der Waals surface area contributed by atoms with E-state index in [1.165, 1.54) is 0 Å². The smallest absolute Gasteiger partial charge is 0.240 e. The van der Waals surface area contributed by atoms with Crippen molar-refractivity contribution < 1.29 is 5.11 Å². The number of rotatable bonds is 6. The summed E-state index contributed by atoms with van der Waals surface area (Å²) < 4.78 is 0. The maximum absolute atomic E-state index is 9.03. The van der Waals surface area contributed by atoms with Crippen LogP contribution < -0.4 is 16.2 Å². The number of aliphatic hydroxyl groups is 1. The van der Waals surface area contributed by atoms with E-state index in [0.717, 1.165) is 22.6 Å². The Hall–Kier alpha value is -1.44. The molecule has 0 radical (unpaired) electrons. The van der Waals surface area contributed by atoms with Crippen molar-refractivity contribution in [2.24, 2.45) is 5.84 Å². The molecule has 0 aliphatic rings. The zero-order valence-electron chi connectivity index (χ0n) is 11.1. The monoisotopic (exact) mass is 281 g/mol. The maximum Gasteiger partial charge on any atom is 0.240 e. The Bertz CT molecular complexity index is 542. The summed E-state index contributed by atoms with van der Waals surface area (Å²) in [5.74, 6) is 6.71. The minimum absolute atomic E-state index is 0.170. The first-order valence-electron chi connectivity index (χ1n) is 6.26. The van der Waals surface area contributed by atoms with Gasteiger partial charge in [0.1, 0.15) is 10.6 Å². The Labute approximate surface area is 116 Å². The van der Waals surface area contributed by atoms with Crippen molar-refractivity contribution in [1.82, 2.24) is 9.97 Å². The van der Waals surface area contributed by atoms with Gasteiger partial charge in [0, 0.05) is 19.2 Å². The molecule has 6 nitrogen and oxygen atoms in total. The summed E-state index contributed by atoms with van der Waals surface area (Å²) in [7, 11) is 0. The molecule has 2 rings (SSSR count). The second kappa shape index (κ2) is 6.14. The average molecular weight is 281 g/mol. The summed E-state index contributed by atoms with van der Waals surface area (Å²) in [6, 6.07) is 2.31. The minimum atomic E-state index is 0.170. The van der Waals surface area contributed by atoms with Gasteiger partial charge in [-0.1, -0.05) is 0 Å². The molecular weight excluding hydrogens is 262 g/mol. The SMILES string of the molecule is CC(C)N(CCCO)c1nc(NN)nc2sccc12. The summed E-state index contributed by atoms with van der Waals surface area (Å²) in [6.07, 6.45) is 0.708. The summed E-state index contributed by atoms with van der Waals surface area (Å²) >= 11 is 1.56. The van der Waals surface area contributed by atoms with E-state index in [-0.39, 0.29) is 12.6 Å². The van der Waals surface area contributed by atoms with E-state index in [4.69, 9.17) is 10.9 Å². The second-order valence-corrected chi connectivity index (χ2v) is 5.41. The molecular formula is C12H19N5OS. The molecule has 2 aromatic rings. The van der Waals surface area contributed by atoms with Crippen molar-refractivity contribution in [3.63, 3.8) is 0 Å². The number of aromatic nitrogens is 2. The molecule has 0 saturated carbocycles. The van der Waals surface area contributed by atoms with Crippen LogP contribution in [0.25, 0.3) is 10.2 Å². The third-order valence-electron chi connectivity index (χ3n) is 2.89. The van der Waals surface area contributed by atoms with Crippen molar-refractivity contribution >= 4 is 33.3 Å². The second-order valence-electron chi connectivity index (χ2n) is 4.52. The molecule has 0 aliphatic carbocycles. The van der Waals surface area contributed by atoms with Gasteiger partial charge in [-0.2, -0.15) is 4.98 Å². The van der Waals surface area contributed by atoms with Gasteiger partial charge in [0.05, 0.1) is 5.39 Å². The Kier molecular flexibility index (Phi) is 4.52. The van der Waals surface area contributed by atoms with Crippen molar-refractivity contribution in [3.05, 3.63) is 11.4 Å². The molecule has 0 bridgehead atoms. The highest BCUT2D eigenvalue weighted by Crippen LogP contribution is 2.30. The highest BCUT2D eigenvalue weighted by atomic mass is 32.1. The van der Waals surface area contributed by atoms with E-state index in [9.17, 15) is 0 Å². The van der Waals surface area contributed by atoms with E-state index in [0.29, 0.717) is 12.4 Å². The minimum Gasteiger partial charge on any atom is -0.396 e. The topological polar surface area (TPSA) is 87.3 Å². The van der Waals surface area contributed by atoms with Crippen LogP contribution >= 0.6 is 11.3 Å². The number of hydrogen-bond acceptors (Lipinski definition) is 7. The lowest BCUT2D eigenvalue weighted by atomic mass is 10.2. The van der Waals surface area contributed by atoms with E-state index in [1.54, 1.807) is 11.3 Å². The molecule has 0 amide bonds. The molecule has 7 heteroatoms. The predicted octanol–water partition coefficient (Wildman–Crippen LogP) is 1.57. The summed E-state index contributed by atoms with van der Waals surface area (Å²) in [6.45, 7) is 5.13. The first kappa shape index (κ1) is 14.0. The summed E-state index contributed by atoms with van der Waals surface area (Å²) in [5.41, 5.74) is 2.51. The van der Waals surface area contributed by atoms with Crippen LogP contribution in [0.3, 0.4) is 0 Å². The average Bonchev–Trinajstić information content (AvgIpc) is 2.86. The van der Waals surface area contributed by atoms with Crippen LogP contribution in [0.1, 0.15) is 20.3 Å². The van der Waals surface area contributed by atoms with Crippen LogP contribution in [0.5, 0.6) is 0 Å². The van der Waals surface area contributed by atoms with E-state index >= 15 is 0 Å². The van der Waals surface area contributed by atoms with Crippen molar-refractivity contribution in [3.8, 4) is 0 Å². The molecule has 0 aliphatic heterocycles. The first-order valence-corrected chi connectivity index (χ1v) is 7.14. The Morgan fingerprint density at radius 3 is 2.89 bits per heavy atom. The Morgan fingerprint density at radius 2 is 2.26 bits per heavy atom. The van der Waals surface area contributed by atoms with Gasteiger partial charge in [0.25, 0.3) is 0 Å². The highest BCUT2D eigenvalue weighted by Gasteiger charge is 2.17. The molecule has 2 aromatic heterocycles. The van der Waals surface area contributed by atoms with Gasteiger partial charge in [-0.25, -0.2) is 10.8 Å². The van der Waals surface area contributed by atoms with E-state index in [2.05, 4.69) is 34.1 Å². The zero-order valence-corrected chi connectivity index (χ0v) is 11.9. The van der Waals surface area contributed by atoms with Crippen molar-refractivity contribution in [2.45, 2.75) is 26.3 Å². The highest BCUT2D eigenvalue weighted by molar-refractivity contribution is 7.16. The number of thiophene rings is 1. The molecule has 0 fully saturated rings. The summed E-state index contributed by atoms with van der Waals surface area (Å²) in [5, 5.41) is 12.0. The number of hydrazine groups is 1. The third-order valence-corrected chi connectivity index (χ3v) is 3.69. The van der Waals surface area contributed by atoms with Gasteiger partial charge in [-0.05, 0) is 31.7 Å². The van der Waals surface area contributed by atoms with Crippen molar-refractivity contribution in [1.29, 1.82) is 0 Å². The van der Waals surface area contributed by atoms with Crippen LogP contribution in [0, 0.1) is 0 Å². The quantitative estimate of drug-likeness (QED) is 0.550. The fraction of sp³-hybridized carbons (Fsp3) is 0.500. The predicted molar refractivity (Wildman–Crippen MR) is 79.4 cm³/mol. The largest absolute Gasteiger partial charge is 0.396 e. The molecule has 0 saturated heterocycles. The lowest BCUT2D eigenvalue weighted by Crippen LogP contribution is -2.33. The Balaban J connectivity index is 2.47. The van der Waals surface area contributed by atoms with E-state index < -0.39 is 0 Å². The molecule has 0 spiro atoms. The van der Waals surface area contributed by atoms with Gasteiger partial charge in [-0.15, -0.1) is 11.3 Å². The van der Waals surface area contributed by atoms with Gasteiger partial charge >= 0.3 is 0 Å². The fourth-order valence-electron chi connectivity index (χ4n) is 1.97. The molecule has 4 N–H and O–H groups in total. The number of nitrogens with one attached hydrogen (secondary N) is 1. The number of hydrogen-bond donors (Lipinski definition) is 3. The van der Waals surface area contributed by atoms with Crippen LogP contribution in [-0.2, 0) is 0 Å². The third kappa shape index (κ3) is 2.94. The maximum atomic E-state index is 9.03. The van der Waals surface area contributed by atoms with Gasteiger partial charge in [0.2, 0.25) is 5.95 Å². The normalized spacial score (nSPS) is 11.2. The Morgan fingerprint density at radius 1 is 1.47 bits per heavy atom. The number of nitrogens with zero attached hydrogens (tertiary/aromatic N) is 3. The molecule has 104 valence electrons. The standard InChI is InChI=1S/C12H19N5OS/c1-8(2)17(5-3-6-18)10-9-4-7-19-11(9)15-12(14-10)16-13/h4,7-8,18H,3,5-6,13H2,1-2H3,(H,14,15,16). The van der Waals surface area contributed by atoms with Gasteiger partial charge in [-0.3, -0.25) is 5.43 Å². The molecule has 0 aromatic carbocycles. The lowest BCUT2D eigenvalue weighted by molar-refractivity contribution is 0.288. The molecule has 2 heterocycles. The van der Waals surface area contributed by atoms with Gasteiger partial charge in [0.15, 0.2) is 0 Å². The van der Waals surface area contributed by atoms with E-state index in [1.807, 2.05) is 11.4 Å². The molecule has 0 unspecified atom stereocenters. The number of nitrogens with two attached hydrogens (primary N) is 1. The van der Waals surface area contributed by atoms with Crippen LogP contribution in [0.2, 0.25) is 0 Å². The first-order chi connectivity index (χ1) is 9.17. The van der Waals surface area contributed by atoms with Crippen LogP contribution in [-0.4, -0.2) is 34.3 Å². The summed E-state index contributed by atoms with van der Waals surface area (Å²) in [4.78, 5) is 11.9. The van der Waals surface area contributed by atoms with Crippen molar-refractivity contribution in [2.75, 3.05) is 23.5 Å². The zero-order chi connectivity index (χ0) is 13.8. The number of nitrogen functional groups attached to an aromatic ring is 1. The van der Waals surface area contributed by atoms with Crippen LogP contribution in [0.4, 0.5) is 11.8 Å². The van der Waals surface area contributed by atoms with Gasteiger partial charge < -0.3 is 10.0 Å². The molecule has 19 heavy (non-hydrogen) atoms. The number of anilines is 2. The fourth-order valence-corrected chi connectivity index (χ4v) is 2.73. The molecule has 0 atom stereocenters. The number of fused-ring (bicyclic) bond motifs is 1. The number of aliphatic hydroxyl groups excluding tert-OH is 1. The van der Waals surface area contributed by atoms with Crippen LogP contribution in [0.15, 0.2) is 11.4 Å².